The van der Waals surface area contributed by atoms with E-state index in [-0.39, 0.29) is 57.1 Å². The van der Waals surface area contributed by atoms with Crippen LogP contribution < -0.4 is 21.5 Å². The minimum absolute atomic E-state index is 0.00120. The van der Waals surface area contributed by atoms with E-state index < -0.39 is 0 Å². The van der Waals surface area contributed by atoms with Crippen molar-refractivity contribution >= 4 is 33.8 Å². The molecule has 4 aromatic carbocycles. The number of rotatable bonds is 10. The average molecular weight is 938 g/mol. The number of nitrogens with one attached hydrogen (secondary N) is 2. The van der Waals surface area contributed by atoms with Gasteiger partial charge in [0.2, 0.25) is 0 Å². The lowest BCUT2D eigenvalue weighted by molar-refractivity contribution is 0.0160. The summed E-state index contributed by atoms with van der Waals surface area (Å²) in [6.07, 6.45) is 0. The van der Waals surface area contributed by atoms with Gasteiger partial charge in [-0.05, 0) is 82.3 Å². The van der Waals surface area contributed by atoms with Crippen LogP contribution in [0.3, 0.4) is 0 Å². The third kappa shape index (κ3) is 13.9. The fourth-order valence-corrected chi connectivity index (χ4v) is 8.41. The van der Waals surface area contributed by atoms with Crippen LogP contribution in [0.1, 0.15) is 115 Å². The van der Waals surface area contributed by atoms with E-state index in [4.69, 9.17) is 23.6 Å². The van der Waals surface area contributed by atoms with E-state index in [1.165, 1.54) is 30.2 Å². The molecule has 0 spiro atoms. The molecule has 13 nitrogen and oxygen atoms in total. The van der Waals surface area contributed by atoms with Crippen LogP contribution in [-0.2, 0) is 20.3 Å². The first kappa shape index (κ1) is 52.0. The lowest BCUT2D eigenvalue weighted by atomic mass is 9.86. The highest BCUT2D eigenvalue weighted by atomic mass is 16.5. The van der Waals surface area contributed by atoms with Gasteiger partial charge < -0.3 is 28.9 Å². The molecule has 2 atom stereocenters. The largest absolute Gasteiger partial charge is 0.451 e. The van der Waals surface area contributed by atoms with Gasteiger partial charge in [-0.25, -0.2) is 0 Å². The lowest BCUT2D eigenvalue weighted by Crippen LogP contribution is -2.43. The maximum atomic E-state index is 12.9. The van der Waals surface area contributed by atoms with Gasteiger partial charge in [-0.2, -0.15) is 5.26 Å². The first-order chi connectivity index (χ1) is 32.9. The van der Waals surface area contributed by atoms with E-state index in [9.17, 15) is 19.2 Å². The third-order valence-electron chi connectivity index (χ3n) is 12.4. The van der Waals surface area contributed by atoms with Crippen LogP contribution in [0.25, 0.3) is 21.9 Å². The van der Waals surface area contributed by atoms with E-state index in [0.717, 1.165) is 48.4 Å². The van der Waals surface area contributed by atoms with Crippen LogP contribution >= 0.6 is 0 Å². The van der Waals surface area contributed by atoms with Crippen molar-refractivity contribution in [3.63, 3.8) is 0 Å². The zero-order chi connectivity index (χ0) is 49.9. The minimum Gasteiger partial charge on any atom is -0.451 e. The highest BCUT2D eigenvalue weighted by Gasteiger charge is 2.27. The summed E-state index contributed by atoms with van der Waals surface area (Å²) in [5.74, 6) is -0.719. The maximum absolute atomic E-state index is 12.9. The predicted molar refractivity (Wildman–Crippen MR) is 271 cm³/mol. The molecular weight excluding hydrogens is 871 g/mol. The molecule has 2 aliphatic rings. The molecule has 2 saturated heterocycles. The molecule has 6 aromatic rings. The van der Waals surface area contributed by atoms with Crippen LogP contribution in [0.15, 0.2) is 115 Å². The van der Waals surface area contributed by atoms with Gasteiger partial charge in [0.15, 0.2) is 22.4 Å². The predicted octanol–water partition coefficient (Wildman–Crippen LogP) is 8.93. The molecule has 0 bridgehead atoms. The number of amides is 2. The number of carbonyl (C=O) groups excluding carboxylic acids is 2. The summed E-state index contributed by atoms with van der Waals surface area (Å²) >= 11 is 0. The van der Waals surface area contributed by atoms with Crippen molar-refractivity contribution in [3.8, 4) is 6.07 Å². The summed E-state index contributed by atoms with van der Waals surface area (Å²) in [5.41, 5.74) is 7.32. The number of hydrogen-bond donors (Lipinski definition) is 2. The number of fused-ring (bicyclic) bond motifs is 2. The molecular formula is C56H67N5O8. The second kappa shape index (κ2) is 23.2. The summed E-state index contributed by atoms with van der Waals surface area (Å²) in [6, 6.07) is 32.3. The average Bonchev–Trinajstić information content (AvgIpc) is 3.32. The molecule has 2 amide bonds. The molecule has 8 rings (SSSR count). The van der Waals surface area contributed by atoms with Crippen molar-refractivity contribution in [1.29, 1.82) is 5.26 Å². The van der Waals surface area contributed by atoms with Crippen LogP contribution in [-0.4, -0.2) is 87.3 Å². The van der Waals surface area contributed by atoms with Gasteiger partial charge >= 0.3 is 0 Å². The van der Waals surface area contributed by atoms with Crippen molar-refractivity contribution in [2.45, 2.75) is 85.2 Å². The Morgan fingerprint density at radius 3 is 1.23 bits per heavy atom. The Balaban J connectivity index is 0.000000215. The molecule has 2 N–H and O–H groups in total. The van der Waals surface area contributed by atoms with Crippen LogP contribution in [0, 0.1) is 25.2 Å². The Morgan fingerprint density at radius 1 is 0.580 bits per heavy atom. The van der Waals surface area contributed by atoms with E-state index in [0.29, 0.717) is 61.5 Å². The SMILES string of the molecule is CC#N.Cc1ccc2c(=O)cc(C(=O)NCC(c3ccc(C(C)(C)C)cc3)N3CCOCC3)oc2c1.Cc1ccc2c(=O)cc(C(=O)NCC(c3ccc(C(C)(C)C)cc3)N3CCOCC3)oc2c1. The van der Waals surface area contributed by atoms with Crippen LogP contribution in [0.4, 0.5) is 0 Å². The highest BCUT2D eigenvalue weighted by molar-refractivity contribution is 5.94. The maximum Gasteiger partial charge on any atom is 0.287 e. The number of aryl methyl sites for hydroxylation is 2. The smallest absolute Gasteiger partial charge is 0.287 e. The Labute approximate surface area is 405 Å². The van der Waals surface area contributed by atoms with E-state index in [1.54, 1.807) is 30.3 Å². The number of carbonyl (C=O) groups is 2. The summed E-state index contributed by atoms with van der Waals surface area (Å²) in [6.45, 7) is 25.1. The van der Waals surface area contributed by atoms with Crippen molar-refractivity contribution in [3.05, 3.63) is 162 Å². The van der Waals surface area contributed by atoms with E-state index in [2.05, 4.69) is 111 Å². The second-order valence-corrected chi connectivity index (χ2v) is 19.7. The Hall–Kier alpha value is -6.43. The Morgan fingerprint density at radius 2 is 0.913 bits per heavy atom. The standard InChI is InChI=1S/2C27H32N2O4.C2H3N/c2*1-18-5-10-21-23(30)16-25(33-24(21)15-18)26(31)28-17-22(29-11-13-32-14-12-29)19-6-8-20(9-7-19)27(2,3)4;1-2-3/h2*5-10,15-16,22H,11-14,17H2,1-4H3,(H,28,31);1H3. The van der Waals surface area contributed by atoms with E-state index >= 15 is 0 Å². The molecule has 0 aliphatic carbocycles. The molecule has 2 aliphatic heterocycles. The quantitative estimate of drug-likeness (QED) is 0.135. The van der Waals surface area contributed by atoms with Crippen LogP contribution in [0.2, 0.25) is 0 Å². The molecule has 69 heavy (non-hydrogen) atoms. The second-order valence-electron chi connectivity index (χ2n) is 19.7. The topological polar surface area (TPSA) is 167 Å². The molecule has 0 saturated carbocycles. The van der Waals surface area contributed by atoms with Gasteiger partial charge in [0, 0.05) is 58.3 Å². The highest BCUT2D eigenvalue weighted by Crippen LogP contribution is 2.29. The monoisotopic (exact) mass is 937 g/mol. The molecule has 364 valence electrons. The molecule has 4 heterocycles. The Kier molecular flexibility index (Phi) is 17.5. The van der Waals surface area contributed by atoms with Gasteiger partial charge in [-0.1, -0.05) is 102 Å². The summed E-state index contributed by atoms with van der Waals surface area (Å²) in [5, 5.41) is 14.3. The fraction of sp³-hybridized carbons (Fsp3) is 0.411. The van der Waals surface area contributed by atoms with E-state index in [1.807, 2.05) is 26.0 Å². The molecule has 2 fully saturated rings. The number of hydrogen-bond acceptors (Lipinski definition) is 11. The van der Waals surface area contributed by atoms with Crippen molar-refractivity contribution < 1.29 is 27.9 Å². The number of morpholine rings is 2. The zero-order valence-corrected chi connectivity index (χ0v) is 41.6. The van der Waals surface area contributed by atoms with Crippen LogP contribution in [0.5, 0.6) is 0 Å². The van der Waals surface area contributed by atoms with Gasteiger partial charge in [0.25, 0.3) is 11.8 Å². The molecule has 2 unspecified atom stereocenters. The normalized spacial score (nSPS) is 15.4. The lowest BCUT2D eigenvalue weighted by Gasteiger charge is -2.35. The van der Waals surface area contributed by atoms with Gasteiger partial charge in [-0.3, -0.25) is 29.0 Å². The third-order valence-corrected chi connectivity index (χ3v) is 12.4. The molecule has 2 aromatic heterocycles. The Bertz CT molecular complexity index is 2670. The molecule has 13 heteroatoms. The number of nitrogens with zero attached hydrogens (tertiary/aromatic N) is 3. The summed E-state index contributed by atoms with van der Waals surface area (Å²) in [7, 11) is 0. The minimum atomic E-state index is -0.389. The first-order valence-corrected chi connectivity index (χ1v) is 23.7. The van der Waals surface area contributed by atoms with Gasteiger partial charge in [-0.15, -0.1) is 0 Å². The van der Waals surface area contributed by atoms with Crippen molar-refractivity contribution in [1.82, 2.24) is 20.4 Å². The fourth-order valence-electron chi connectivity index (χ4n) is 8.41. The number of nitriles is 1. The zero-order valence-electron chi connectivity index (χ0n) is 41.6. The van der Waals surface area contributed by atoms with Crippen molar-refractivity contribution in [2.24, 2.45) is 0 Å². The number of benzene rings is 4. The van der Waals surface area contributed by atoms with Gasteiger partial charge in [0.1, 0.15) is 11.2 Å². The summed E-state index contributed by atoms with van der Waals surface area (Å²) in [4.78, 5) is 55.5. The van der Waals surface area contributed by atoms with Gasteiger partial charge in [0.05, 0.1) is 55.4 Å². The summed E-state index contributed by atoms with van der Waals surface area (Å²) < 4.78 is 22.6. The van der Waals surface area contributed by atoms with Crippen molar-refractivity contribution in [2.75, 3.05) is 65.7 Å². The first-order valence-electron chi connectivity index (χ1n) is 23.7. The molecule has 0 radical (unpaired) electrons. The number of ether oxygens (including phenoxy) is 2.